The number of hydrogen-bond donors (Lipinski definition) is 2. The highest BCUT2D eigenvalue weighted by atomic mass is 35.5. The molecule has 0 spiro atoms. The molecular formula is C32H28ClF3N4O3. The van der Waals surface area contributed by atoms with Crippen molar-refractivity contribution in [3.8, 4) is 17.3 Å². The zero-order valence-corrected chi connectivity index (χ0v) is 24.0. The summed E-state index contributed by atoms with van der Waals surface area (Å²) >= 11 is 5.79. The van der Waals surface area contributed by atoms with Gasteiger partial charge in [-0.2, -0.15) is 4.98 Å². The summed E-state index contributed by atoms with van der Waals surface area (Å²) in [6.07, 6.45) is 2.82. The number of aliphatic hydroxyl groups excluding tert-OH is 1. The smallest absolute Gasteiger partial charge is 0.317 e. The van der Waals surface area contributed by atoms with Crippen LogP contribution in [-0.2, 0) is 19.6 Å². The maximum absolute atomic E-state index is 15.5. The topological polar surface area (TPSA) is 93.3 Å². The maximum Gasteiger partial charge on any atom is 0.317 e. The fourth-order valence-corrected chi connectivity index (χ4v) is 5.39. The van der Waals surface area contributed by atoms with Crippen molar-refractivity contribution >= 4 is 22.6 Å². The molecule has 43 heavy (non-hydrogen) atoms. The van der Waals surface area contributed by atoms with Crippen molar-refractivity contribution in [2.75, 3.05) is 0 Å². The number of halogens is 4. The number of aliphatic hydroxyl groups is 2. The quantitative estimate of drug-likeness (QED) is 0.167. The van der Waals surface area contributed by atoms with Crippen molar-refractivity contribution in [1.29, 1.82) is 0 Å². The van der Waals surface area contributed by atoms with Crippen molar-refractivity contribution in [2.45, 2.75) is 52.0 Å². The van der Waals surface area contributed by atoms with Crippen LogP contribution in [-0.4, -0.2) is 29.7 Å². The van der Waals surface area contributed by atoms with Crippen molar-refractivity contribution in [3.05, 3.63) is 106 Å². The molecule has 1 saturated carbocycles. The number of benzene rings is 3. The minimum Gasteiger partial charge on any atom is -0.458 e. The largest absolute Gasteiger partial charge is 0.458 e. The number of rotatable bonds is 10. The second-order valence-corrected chi connectivity index (χ2v) is 11.4. The van der Waals surface area contributed by atoms with Crippen molar-refractivity contribution < 1.29 is 28.1 Å². The zero-order valence-electron chi connectivity index (χ0n) is 23.2. The summed E-state index contributed by atoms with van der Waals surface area (Å²) in [6.45, 7) is 2.59. The Morgan fingerprint density at radius 3 is 2.47 bits per heavy atom. The Balaban J connectivity index is 1.28. The lowest BCUT2D eigenvalue weighted by molar-refractivity contribution is -0.0424. The molecule has 1 aliphatic carbocycles. The second-order valence-electron chi connectivity index (χ2n) is 10.9. The lowest BCUT2D eigenvalue weighted by atomic mass is 10.0. The highest BCUT2D eigenvalue weighted by Crippen LogP contribution is 2.50. The summed E-state index contributed by atoms with van der Waals surface area (Å²) in [6, 6.07) is 12.7. The van der Waals surface area contributed by atoms with E-state index in [0.29, 0.717) is 29.0 Å². The van der Waals surface area contributed by atoms with E-state index in [4.69, 9.17) is 21.3 Å². The first-order valence-corrected chi connectivity index (χ1v) is 14.3. The Morgan fingerprint density at radius 1 is 0.953 bits per heavy atom. The van der Waals surface area contributed by atoms with Crippen LogP contribution in [0.3, 0.4) is 0 Å². The number of ether oxygens (including phenoxy) is 1. The molecule has 1 aliphatic rings. The molecule has 0 saturated heterocycles. The molecule has 0 unspecified atom stereocenters. The lowest BCUT2D eigenvalue weighted by Gasteiger charge is -2.17. The number of nitrogens with zero attached hydrogens (tertiary/aromatic N) is 4. The minimum atomic E-state index is -1.64. The molecule has 222 valence electrons. The summed E-state index contributed by atoms with van der Waals surface area (Å²) in [5.74, 6) is -1.32. The van der Waals surface area contributed by atoms with Gasteiger partial charge in [0, 0.05) is 40.9 Å². The molecule has 11 heteroatoms. The Morgan fingerprint density at radius 2 is 1.74 bits per heavy atom. The summed E-state index contributed by atoms with van der Waals surface area (Å²) in [5, 5.41) is 19.7. The number of hydrogen-bond acceptors (Lipinski definition) is 6. The van der Waals surface area contributed by atoms with E-state index >= 15 is 8.78 Å². The van der Waals surface area contributed by atoms with Crippen LogP contribution in [0, 0.1) is 22.9 Å². The zero-order chi connectivity index (χ0) is 30.3. The highest BCUT2D eigenvalue weighted by molar-refractivity contribution is 6.30. The summed E-state index contributed by atoms with van der Waals surface area (Å²) in [5.41, 5.74) is 2.16. The molecule has 2 N–H and O–H groups in total. The first-order chi connectivity index (χ1) is 20.6. The van der Waals surface area contributed by atoms with Crippen LogP contribution >= 0.6 is 11.6 Å². The second kappa shape index (κ2) is 11.6. The molecule has 0 radical (unpaired) electrons. The van der Waals surface area contributed by atoms with Crippen molar-refractivity contribution in [3.63, 3.8) is 0 Å². The van der Waals surface area contributed by atoms with E-state index in [2.05, 4.69) is 16.9 Å². The number of imidazole rings is 1. The van der Waals surface area contributed by atoms with Gasteiger partial charge in [0.05, 0.1) is 16.7 Å². The molecular weight excluding hydrogens is 581 g/mol. The highest BCUT2D eigenvalue weighted by Gasteiger charge is 2.41. The number of fused-ring (bicyclic) bond motifs is 1. The average Bonchev–Trinajstić information content (AvgIpc) is 3.69. The van der Waals surface area contributed by atoms with E-state index in [0.717, 1.165) is 37.5 Å². The summed E-state index contributed by atoms with van der Waals surface area (Å²) in [7, 11) is 0. The van der Waals surface area contributed by atoms with Gasteiger partial charge < -0.3 is 19.5 Å². The van der Waals surface area contributed by atoms with E-state index in [1.54, 1.807) is 18.2 Å². The van der Waals surface area contributed by atoms with Gasteiger partial charge in [-0.25, -0.2) is 23.1 Å². The fraction of sp³-hybridized carbons (Fsp3) is 0.281. The molecule has 0 aliphatic heterocycles. The summed E-state index contributed by atoms with van der Waals surface area (Å²) in [4.78, 5) is 12.9. The monoisotopic (exact) mass is 608 g/mol. The Labute approximate surface area is 250 Å². The van der Waals surface area contributed by atoms with E-state index in [-0.39, 0.29) is 51.9 Å². The first-order valence-electron chi connectivity index (χ1n) is 13.9. The van der Waals surface area contributed by atoms with Gasteiger partial charge in [-0.3, -0.25) is 0 Å². The van der Waals surface area contributed by atoms with Gasteiger partial charge in [-0.15, -0.1) is 0 Å². The van der Waals surface area contributed by atoms with E-state index in [1.165, 1.54) is 24.4 Å². The molecule has 7 nitrogen and oxygen atoms in total. The molecule has 2 heterocycles. The molecule has 0 atom stereocenters. The fourth-order valence-electron chi connectivity index (χ4n) is 5.23. The van der Waals surface area contributed by atoms with Crippen LogP contribution in [0.5, 0.6) is 6.01 Å². The normalized spacial score (nSPS) is 14.0. The van der Waals surface area contributed by atoms with Crippen LogP contribution in [0.2, 0.25) is 5.02 Å². The van der Waals surface area contributed by atoms with Crippen LogP contribution in [0.4, 0.5) is 13.2 Å². The van der Waals surface area contributed by atoms with Crippen molar-refractivity contribution in [1.82, 2.24) is 19.5 Å². The van der Waals surface area contributed by atoms with E-state index in [9.17, 15) is 14.6 Å². The third-order valence-corrected chi connectivity index (χ3v) is 8.35. The lowest BCUT2D eigenvalue weighted by Crippen LogP contribution is -2.14. The molecule has 0 bridgehead atoms. The van der Waals surface area contributed by atoms with Gasteiger partial charge in [-0.05, 0) is 72.7 Å². The predicted octanol–water partition coefficient (Wildman–Crippen LogP) is 6.91. The standard InChI is InChI=1S/C32H28ClF3N4O3/c1-2-32(8-9-32)17-40-28-12-18(30(41)42)4-6-27(28)38-29(40)13-20-11-25(36)22(15-24(20)35)26-7-10-37-31(39-26)43-16-19-3-5-21(33)14-23(19)34/h3-7,10-12,14-15,30,41-42H,2,8-9,13,16-17H2,1H3. The van der Waals surface area contributed by atoms with Gasteiger partial charge in [0.25, 0.3) is 0 Å². The van der Waals surface area contributed by atoms with Crippen LogP contribution in [0.15, 0.2) is 60.8 Å². The molecule has 6 rings (SSSR count). The number of aromatic nitrogens is 4. The molecule has 0 amide bonds. The Kier molecular flexibility index (Phi) is 7.85. The van der Waals surface area contributed by atoms with Gasteiger partial charge in [0.15, 0.2) is 6.29 Å². The molecule has 1 fully saturated rings. The molecule has 3 aromatic carbocycles. The Bertz CT molecular complexity index is 1820. The van der Waals surface area contributed by atoms with Gasteiger partial charge >= 0.3 is 6.01 Å². The summed E-state index contributed by atoms with van der Waals surface area (Å²) < 4.78 is 52.6. The molecule has 2 aromatic heterocycles. The SMILES string of the molecule is CCC1(Cn2c(Cc3cc(F)c(-c4ccnc(OCc5ccc(Cl)cc5F)n4)cc3F)nc3ccc(C(O)O)cc32)CC1. The minimum absolute atomic E-state index is 0.0271. The third kappa shape index (κ3) is 6.08. The van der Waals surface area contributed by atoms with Gasteiger partial charge in [-0.1, -0.05) is 30.7 Å². The van der Waals surface area contributed by atoms with E-state index in [1.807, 2.05) is 4.57 Å². The molecule has 5 aromatic rings. The predicted molar refractivity (Wildman–Crippen MR) is 155 cm³/mol. The van der Waals surface area contributed by atoms with E-state index < -0.39 is 23.7 Å². The average molecular weight is 609 g/mol. The van der Waals surface area contributed by atoms with Crippen LogP contribution < -0.4 is 4.74 Å². The van der Waals surface area contributed by atoms with Crippen molar-refractivity contribution in [2.24, 2.45) is 5.41 Å². The first kappa shape index (κ1) is 29.1. The third-order valence-electron chi connectivity index (χ3n) is 8.12. The van der Waals surface area contributed by atoms with Crippen LogP contribution in [0.1, 0.15) is 55.0 Å². The van der Waals surface area contributed by atoms with Gasteiger partial charge in [0.1, 0.15) is 29.9 Å². The maximum atomic E-state index is 15.5. The Hall–Kier alpha value is -3.99. The van der Waals surface area contributed by atoms with Gasteiger partial charge in [0.2, 0.25) is 0 Å². The van der Waals surface area contributed by atoms with Crippen LogP contribution in [0.25, 0.3) is 22.3 Å².